The highest BCUT2D eigenvalue weighted by Crippen LogP contribution is 2.24. The van der Waals surface area contributed by atoms with Crippen LogP contribution in [0.4, 0.5) is 16.2 Å². The van der Waals surface area contributed by atoms with Gasteiger partial charge < -0.3 is 10.6 Å². The summed E-state index contributed by atoms with van der Waals surface area (Å²) in [4.78, 5) is 16.4. The van der Waals surface area contributed by atoms with E-state index in [1.807, 2.05) is 56.3 Å². The van der Waals surface area contributed by atoms with E-state index in [0.717, 1.165) is 32.2 Å². The quantitative estimate of drug-likeness (QED) is 0.728. The molecule has 0 fully saturated rings. The molecule has 2 aromatic carbocycles. The van der Waals surface area contributed by atoms with Crippen LogP contribution in [0.1, 0.15) is 10.6 Å². The summed E-state index contributed by atoms with van der Waals surface area (Å²) in [6.07, 6.45) is 0. The molecule has 2 amide bonds. The van der Waals surface area contributed by atoms with Crippen LogP contribution in [-0.4, -0.2) is 11.0 Å². The van der Waals surface area contributed by atoms with Gasteiger partial charge in [-0.05, 0) is 49.7 Å². The third kappa shape index (κ3) is 3.20. The third-order valence-electron chi connectivity index (χ3n) is 3.03. The van der Waals surface area contributed by atoms with E-state index in [2.05, 4.69) is 15.6 Å². The largest absolute Gasteiger partial charge is 0.323 e. The summed E-state index contributed by atoms with van der Waals surface area (Å²) in [6.45, 7) is 3.96. The minimum absolute atomic E-state index is 0.257. The number of hydrogen-bond donors (Lipinski definition) is 2. The normalized spacial score (nSPS) is 10.6. The first kappa shape index (κ1) is 13.6. The number of rotatable bonds is 2. The maximum atomic E-state index is 12.0. The monoisotopic (exact) mass is 297 g/mol. The van der Waals surface area contributed by atoms with E-state index in [-0.39, 0.29) is 6.03 Å². The molecule has 5 heteroatoms. The highest BCUT2D eigenvalue weighted by atomic mass is 32.1. The smallest absolute Gasteiger partial charge is 0.308 e. The highest BCUT2D eigenvalue weighted by Gasteiger charge is 2.05. The van der Waals surface area contributed by atoms with E-state index < -0.39 is 0 Å². The second-order valence-electron chi connectivity index (χ2n) is 4.86. The van der Waals surface area contributed by atoms with Crippen LogP contribution in [0, 0.1) is 13.8 Å². The fraction of sp³-hybridized carbons (Fsp3) is 0.125. The van der Waals surface area contributed by atoms with Crippen molar-refractivity contribution in [1.29, 1.82) is 0 Å². The number of carbonyl (C=O) groups is 1. The van der Waals surface area contributed by atoms with Crippen LogP contribution in [0.5, 0.6) is 0 Å². The molecular weight excluding hydrogens is 282 g/mol. The van der Waals surface area contributed by atoms with Gasteiger partial charge in [-0.15, -0.1) is 11.3 Å². The lowest BCUT2D eigenvalue weighted by atomic mass is 10.2. The molecule has 3 rings (SSSR count). The molecule has 0 saturated heterocycles. The molecule has 2 N–H and O–H groups in total. The summed E-state index contributed by atoms with van der Waals surface area (Å²) >= 11 is 1.64. The molecule has 3 aromatic rings. The molecule has 0 saturated carbocycles. The van der Waals surface area contributed by atoms with E-state index in [0.29, 0.717) is 0 Å². The Kier molecular flexibility index (Phi) is 3.58. The molecule has 0 aliphatic rings. The zero-order valence-electron chi connectivity index (χ0n) is 11.8. The standard InChI is InChI=1S/C16H15N3OS/c1-10-4-3-5-12(8-10)18-16(20)19-13-6-7-15-14(9-13)17-11(2)21-15/h3-9H,1-2H3,(H2,18,19,20). The number of aromatic nitrogens is 1. The number of fused-ring (bicyclic) bond motifs is 1. The van der Waals surface area contributed by atoms with Crippen molar-refractivity contribution in [2.45, 2.75) is 13.8 Å². The molecule has 0 spiro atoms. The summed E-state index contributed by atoms with van der Waals surface area (Å²) in [5, 5.41) is 6.66. The van der Waals surface area contributed by atoms with Gasteiger partial charge in [0.05, 0.1) is 15.2 Å². The molecule has 106 valence electrons. The molecule has 21 heavy (non-hydrogen) atoms. The van der Waals surface area contributed by atoms with Crippen LogP contribution < -0.4 is 10.6 Å². The lowest BCUT2D eigenvalue weighted by Crippen LogP contribution is -2.19. The molecule has 4 nitrogen and oxygen atoms in total. The van der Waals surface area contributed by atoms with Gasteiger partial charge >= 0.3 is 6.03 Å². The Balaban J connectivity index is 1.73. The molecule has 0 atom stereocenters. The minimum atomic E-state index is -0.257. The van der Waals surface area contributed by atoms with Gasteiger partial charge in [-0.25, -0.2) is 9.78 Å². The molecule has 0 unspecified atom stereocenters. The van der Waals surface area contributed by atoms with Gasteiger partial charge in [-0.1, -0.05) is 12.1 Å². The summed E-state index contributed by atoms with van der Waals surface area (Å²) in [5.41, 5.74) is 3.52. The summed E-state index contributed by atoms with van der Waals surface area (Å²) in [6, 6.07) is 13.2. The van der Waals surface area contributed by atoms with Crippen molar-refractivity contribution in [3.63, 3.8) is 0 Å². The number of hydrogen-bond acceptors (Lipinski definition) is 3. The van der Waals surface area contributed by atoms with Gasteiger partial charge in [0.1, 0.15) is 0 Å². The van der Waals surface area contributed by atoms with Crippen LogP contribution in [-0.2, 0) is 0 Å². The maximum Gasteiger partial charge on any atom is 0.323 e. The second-order valence-corrected chi connectivity index (χ2v) is 6.10. The first-order valence-corrected chi connectivity index (χ1v) is 7.44. The first-order valence-electron chi connectivity index (χ1n) is 6.62. The van der Waals surface area contributed by atoms with E-state index in [1.165, 1.54) is 0 Å². The second kappa shape index (κ2) is 5.54. The van der Waals surface area contributed by atoms with Crippen LogP contribution in [0.25, 0.3) is 10.2 Å². The van der Waals surface area contributed by atoms with Crippen LogP contribution in [0.15, 0.2) is 42.5 Å². The number of nitrogens with zero attached hydrogens (tertiary/aromatic N) is 1. The van der Waals surface area contributed by atoms with Crippen molar-refractivity contribution in [3.05, 3.63) is 53.0 Å². The average molecular weight is 297 g/mol. The molecule has 0 bridgehead atoms. The van der Waals surface area contributed by atoms with E-state index in [9.17, 15) is 4.79 Å². The number of benzene rings is 2. The zero-order valence-corrected chi connectivity index (χ0v) is 12.6. The van der Waals surface area contributed by atoms with Crippen molar-refractivity contribution in [2.75, 3.05) is 10.6 Å². The number of nitrogens with one attached hydrogen (secondary N) is 2. The average Bonchev–Trinajstić information content (AvgIpc) is 2.78. The number of urea groups is 1. The van der Waals surface area contributed by atoms with Crippen LogP contribution >= 0.6 is 11.3 Å². The molecule has 0 aliphatic heterocycles. The van der Waals surface area contributed by atoms with Gasteiger partial charge in [0.2, 0.25) is 0 Å². The number of carbonyl (C=O) groups excluding carboxylic acids is 1. The fourth-order valence-electron chi connectivity index (χ4n) is 2.14. The minimum Gasteiger partial charge on any atom is -0.308 e. The summed E-state index contributed by atoms with van der Waals surface area (Å²) in [5.74, 6) is 0. The molecule has 0 aliphatic carbocycles. The number of thiazole rings is 1. The molecule has 1 heterocycles. The summed E-state index contributed by atoms with van der Waals surface area (Å²) < 4.78 is 1.12. The van der Waals surface area contributed by atoms with Gasteiger partial charge in [0.15, 0.2) is 0 Å². The van der Waals surface area contributed by atoms with E-state index >= 15 is 0 Å². The van der Waals surface area contributed by atoms with Crippen molar-refractivity contribution in [1.82, 2.24) is 4.98 Å². The van der Waals surface area contributed by atoms with E-state index in [1.54, 1.807) is 11.3 Å². The van der Waals surface area contributed by atoms with E-state index in [4.69, 9.17) is 0 Å². The maximum absolute atomic E-state index is 12.0. The predicted molar refractivity (Wildman–Crippen MR) is 88.2 cm³/mol. The number of aryl methyl sites for hydroxylation is 2. The van der Waals surface area contributed by atoms with Crippen LogP contribution in [0.3, 0.4) is 0 Å². The Labute approximate surface area is 126 Å². The lowest BCUT2D eigenvalue weighted by molar-refractivity contribution is 0.262. The topological polar surface area (TPSA) is 54.0 Å². The Morgan fingerprint density at radius 3 is 2.57 bits per heavy atom. The Hall–Kier alpha value is -2.40. The van der Waals surface area contributed by atoms with Gasteiger partial charge in [0, 0.05) is 11.4 Å². The lowest BCUT2D eigenvalue weighted by Gasteiger charge is -2.08. The fourth-order valence-corrected chi connectivity index (χ4v) is 2.94. The third-order valence-corrected chi connectivity index (χ3v) is 3.98. The zero-order chi connectivity index (χ0) is 14.8. The van der Waals surface area contributed by atoms with Gasteiger partial charge in [-0.3, -0.25) is 0 Å². The molecule has 1 aromatic heterocycles. The van der Waals surface area contributed by atoms with Crippen molar-refractivity contribution in [2.24, 2.45) is 0 Å². The van der Waals surface area contributed by atoms with Crippen LogP contribution in [0.2, 0.25) is 0 Å². The Morgan fingerprint density at radius 1 is 1.05 bits per heavy atom. The highest BCUT2D eigenvalue weighted by molar-refractivity contribution is 7.18. The Bertz CT molecular complexity index is 810. The Morgan fingerprint density at radius 2 is 1.81 bits per heavy atom. The number of amides is 2. The predicted octanol–water partition coefficient (Wildman–Crippen LogP) is 4.56. The first-order chi connectivity index (χ1) is 10.1. The molecular formula is C16H15N3OS. The van der Waals surface area contributed by atoms with Crippen molar-refractivity contribution in [3.8, 4) is 0 Å². The summed E-state index contributed by atoms with van der Waals surface area (Å²) in [7, 11) is 0. The van der Waals surface area contributed by atoms with Gasteiger partial charge in [0.25, 0.3) is 0 Å². The number of anilines is 2. The SMILES string of the molecule is Cc1cccc(NC(=O)Nc2ccc3sc(C)nc3c2)c1. The van der Waals surface area contributed by atoms with Gasteiger partial charge in [-0.2, -0.15) is 0 Å². The molecule has 0 radical (unpaired) electrons. The van der Waals surface area contributed by atoms with Crippen molar-refractivity contribution >= 4 is 39.0 Å². The van der Waals surface area contributed by atoms with Crippen molar-refractivity contribution < 1.29 is 4.79 Å².